The lowest BCUT2D eigenvalue weighted by atomic mass is 9.85. The van der Waals surface area contributed by atoms with E-state index in [9.17, 15) is 4.79 Å². The third-order valence-electron chi connectivity index (χ3n) is 6.76. The summed E-state index contributed by atoms with van der Waals surface area (Å²) in [7, 11) is 0. The molecule has 0 radical (unpaired) electrons. The van der Waals surface area contributed by atoms with Crippen LogP contribution >= 0.6 is 0 Å². The summed E-state index contributed by atoms with van der Waals surface area (Å²) in [5.74, 6) is 1.58. The second-order valence-electron chi connectivity index (χ2n) is 9.89. The van der Waals surface area contributed by atoms with Crippen LogP contribution in [0.4, 0.5) is 4.79 Å². The van der Waals surface area contributed by atoms with Crippen molar-refractivity contribution in [1.29, 1.82) is 0 Å². The molecule has 0 unspecified atom stereocenters. The summed E-state index contributed by atoms with van der Waals surface area (Å²) in [4.78, 5) is 12.9. The summed E-state index contributed by atoms with van der Waals surface area (Å²) in [6.45, 7) is 11.7. The largest absolute Gasteiger partial charge is 0.506 e. The number of aryl methyl sites for hydroxylation is 2. The summed E-state index contributed by atoms with van der Waals surface area (Å²) in [6, 6.07) is 13.2. The van der Waals surface area contributed by atoms with Crippen molar-refractivity contribution in [1.82, 2.24) is 4.90 Å². The van der Waals surface area contributed by atoms with E-state index in [4.69, 9.17) is 14.6 Å². The fraction of sp³-hybridized carbons (Fsp3) is 0.464. The van der Waals surface area contributed by atoms with E-state index in [1.165, 1.54) is 39.0 Å². The van der Waals surface area contributed by atoms with Gasteiger partial charge in [0.2, 0.25) is 0 Å². The molecule has 176 valence electrons. The summed E-state index contributed by atoms with van der Waals surface area (Å²) in [6.07, 6.45) is 1.77. The molecule has 0 spiro atoms. The Morgan fingerprint density at radius 3 is 2.61 bits per heavy atom. The normalized spacial score (nSPS) is 16.5. The van der Waals surface area contributed by atoms with E-state index in [2.05, 4.69) is 69.0 Å². The first-order valence-corrected chi connectivity index (χ1v) is 11.9. The highest BCUT2D eigenvalue weighted by molar-refractivity contribution is 5.72. The topological polar surface area (TPSA) is 59.0 Å². The number of allylic oxidation sites excluding steroid dienone is 1. The van der Waals surface area contributed by atoms with Gasteiger partial charge in [0, 0.05) is 19.6 Å². The third kappa shape index (κ3) is 5.77. The molecule has 0 saturated carbocycles. The molecule has 1 aliphatic heterocycles. The first-order chi connectivity index (χ1) is 15.8. The second kappa shape index (κ2) is 10.0. The smallest absolute Gasteiger partial charge is 0.489 e. The number of fused-ring (bicyclic) bond motifs is 1. The molecule has 2 aromatic rings. The Bertz CT molecular complexity index is 1050. The van der Waals surface area contributed by atoms with Gasteiger partial charge < -0.3 is 14.6 Å². The quantitative estimate of drug-likeness (QED) is 0.511. The average Bonchev–Trinajstić information content (AvgIpc) is 2.72. The molecular formula is C28H35NO4. The Balaban J connectivity index is 1.36. The molecule has 1 fully saturated rings. The number of hydrogen-bond acceptors (Lipinski definition) is 4. The number of nitrogens with zero attached hydrogens (tertiary/aromatic N) is 1. The van der Waals surface area contributed by atoms with Crippen LogP contribution in [0, 0.1) is 12.8 Å². The van der Waals surface area contributed by atoms with Crippen molar-refractivity contribution in [3.63, 3.8) is 0 Å². The van der Waals surface area contributed by atoms with Gasteiger partial charge >= 0.3 is 6.16 Å². The number of rotatable bonds is 8. The van der Waals surface area contributed by atoms with Gasteiger partial charge in [-0.3, -0.25) is 4.90 Å². The van der Waals surface area contributed by atoms with Crippen LogP contribution in [0.15, 0.2) is 42.0 Å². The van der Waals surface area contributed by atoms with Gasteiger partial charge in [0.25, 0.3) is 0 Å². The van der Waals surface area contributed by atoms with Gasteiger partial charge in [-0.15, -0.1) is 0 Å². The zero-order valence-corrected chi connectivity index (χ0v) is 20.2. The standard InChI is InChI=1S/C28H35NO4/c1-18(2)11-21-5-6-24(19(3)12-21)17-32-25-9-10-27-20(4)23(8-7-22(27)13-25)14-29-15-26(16-29)33-28(30)31/h5-6,9-10,12-13,18,26H,7-8,11,14-17H2,1-4H3,(H,30,31). The molecule has 1 N–H and O–H groups in total. The van der Waals surface area contributed by atoms with Gasteiger partial charge in [-0.1, -0.05) is 43.7 Å². The van der Waals surface area contributed by atoms with Crippen LogP contribution in [0.5, 0.6) is 5.75 Å². The van der Waals surface area contributed by atoms with Crippen LogP contribution in [0.3, 0.4) is 0 Å². The highest BCUT2D eigenvalue weighted by atomic mass is 16.7. The molecule has 0 amide bonds. The van der Waals surface area contributed by atoms with Crippen LogP contribution in [-0.2, 0) is 24.2 Å². The van der Waals surface area contributed by atoms with Crippen molar-refractivity contribution < 1.29 is 19.4 Å². The van der Waals surface area contributed by atoms with Crippen LogP contribution in [0.25, 0.3) is 5.57 Å². The summed E-state index contributed by atoms with van der Waals surface area (Å²) < 4.78 is 11.0. The maximum absolute atomic E-state index is 10.6. The number of ether oxygens (including phenoxy) is 2. The van der Waals surface area contributed by atoms with Crippen LogP contribution in [0.2, 0.25) is 0 Å². The lowest BCUT2D eigenvalue weighted by molar-refractivity contribution is -0.0292. The first-order valence-electron chi connectivity index (χ1n) is 11.9. The predicted molar refractivity (Wildman–Crippen MR) is 131 cm³/mol. The predicted octanol–water partition coefficient (Wildman–Crippen LogP) is 5.87. The minimum Gasteiger partial charge on any atom is -0.489 e. The molecule has 2 aromatic carbocycles. The average molecular weight is 450 g/mol. The number of carbonyl (C=O) groups is 1. The van der Waals surface area contributed by atoms with E-state index in [0.29, 0.717) is 25.6 Å². The van der Waals surface area contributed by atoms with Gasteiger partial charge in [0.15, 0.2) is 0 Å². The molecule has 5 heteroatoms. The molecular weight excluding hydrogens is 414 g/mol. The molecule has 1 aliphatic carbocycles. The molecule has 0 atom stereocenters. The van der Waals surface area contributed by atoms with Crippen molar-refractivity contribution >= 4 is 11.7 Å². The highest BCUT2D eigenvalue weighted by Crippen LogP contribution is 2.34. The maximum Gasteiger partial charge on any atom is 0.506 e. The molecule has 4 rings (SSSR count). The molecule has 0 aromatic heterocycles. The first kappa shape index (κ1) is 23.4. The van der Waals surface area contributed by atoms with Crippen LogP contribution in [-0.4, -0.2) is 41.9 Å². The zero-order valence-electron chi connectivity index (χ0n) is 20.2. The number of benzene rings is 2. The molecule has 33 heavy (non-hydrogen) atoms. The Morgan fingerprint density at radius 1 is 1.12 bits per heavy atom. The minimum absolute atomic E-state index is 0.186. The minimum atomic E-state index is -1.18. The van der Waals surface area contributed by atoms with E-state index < -0.39 is 6.16 Å². The fourth-order valence-electron chi connectivity index (χ4n) is 4.91. The van der Waals surface area contributed by atoms with E-state index in [-0.39, 0.29) is 6.10 Å². The SMILES string of the molecule is CC1=C(CN2CC(OC(=O)O)C2)CCc2cc(OCc3ccc(CC(C)C)cc3C)ccc21. The van der Waals surface area contributed by atoms with Crippen molar-refractivity contribution in [2.75, 3.05) is 19.6 Å². The maximum atomic E-state index is 10.6. The van der Waals surface area contributed by atoms with Crippen molar-refractivity contribution in [3.8, 4) is 5.75 Å². The van der Waals surface area contributed by atoms with Crippen LogP contribution < -0.4 is 4.74 Å². The van der Waals surface area contributed by atoms with Crippen molar-refractivity contribution in [2.24, 2.45) is 5.92 Å². The number of hydrogen-bond donors (Lipinski definition) is 1. The van der Waals surface area contributed by atoms with Gasteiger partial charge in [0.05, 0.1) is 0 Å². The molecule has 2 aliphatic rings. The van der Waals surface area contributed by atoms with Crippen molar-refractivity contribution in [3.05, 3.63) is 69.8 Å². The van der Waals surface area contributed by atoms with E-state index in [1.807, 2.05) is 0 Å². The molecule has 5 nitrogen and oxygen atoms in total. The zero-order chi connectivity index (χ0) is 23.5. The summed E-state index contributed by atoms with van der Waals surface area (Å²) >= 11 is 0. The summed E-state index contributed by atoms with van der Waals surface area (Å²) in [5.41, 5.74) is 9.32. The Hall–Kier alpha value is -2.79. The highest BCUT2D eigenvalue weighted by Gasteiger charge is 2.31. The van der Waals surface area contributed by atoms with E-state index in [0.717, 1.165) is 31.6 Å². The molecule has 0 bridgehead atoms. The van der Waals surface area contributed by atoms with E-state index in [1.54, 1.807) is 0 Å². The van der Waals surface area contributed by atoms with Crippen molar-refractivity contribution in [2.45, 2.75) is 59.7 Å². The van der Waals surface area contributed by atoms with Crippen LogP contribution in [0.1, 0.15) is 55.0 Å². The third-order valence-corrected chi connectivity index (χ3v) is 6.76. The Morgan fingerprint density at radius 2 is 1.91 bits per heavy atom. The lowest BCUT2D eigenvalue weighted by Crippen LogP contribution is -2.53. The molecule has 1 heterocycles. The fourth-order valence-corrected chi connectivity index (χ4v) is 4.91. The van der Waals surface area contributed by atoms with Gasteiger partial charge in [-0.05, 0) is 84.6 Å². The second-order valence-corrected chi connectivity index (χ2v) is 9.89. The van der Waals surface area contributed by atoms with Gasteiger partial charge in [-0.2, -0.15) is 0 Å². The van der Waals surface area contributed by atoms with Gasteiger partial charge in [0.1, 0.15) is 18.5 Å². The number of likely N-dealkylation sites (tertiary alicyclic amines) is 1. The Labute approximate surface area is 197 Å². The monoisotopic (exact) mass is 449 g/mol. The molecule has 1 saturated heterocycles. The number of carboxylic acid groups (broad SMARTS) is 1. The summed E-state index contributed by atoms with van der Waals surface area (Å²) in [5, 5.41) is 8.73. The lowest BCUT2D eigenvalue weighted by Gasteiger charge is -2.39. The Kier molecular flexibility index (Phi) is 7.08. The van der Waals surface area contributed by atoms with E-state index >= 15 is 0 Å². The van der Waals surface area contributed by atoms with Gasteiger partial charge in [-0.25, -0.2) is 4.79 Å².